The van der Waals surface area contributed by atoms with Crippen LogP contribution in [0.1, 0.15) is 26.2 Å². The fourth-order valence-electron chi connectivity index (χ4n) is 1.65. The molecule has 1 heterocycles. The number of likely N-dealkylation sites (tertiary alicyclic amines) is 1. The van der Waals surface area contributed by atoms with Crippen molar-refractivity contribution in [1.29, 1.82) is 0 Å². The molecule has 1 atom stereocenters. The number of ether oxygens (including phenoxy) is 1. The fraction of sp³-hybridized carbons (Fsp3) is 0.778. The van der Waals surface area contributed by atoms with Crippen LogP contribution in [0.5, 0.6) is 0 Å². The van der Waals surface area contributed by atoms with E-state index in [0.717, 1.165) is 19.3 Å². The molecule has 0 radical (unpaired) electrons. The molecule has 14 heavy (non-hydrogen) atoms. The van der Waals surface area contributed by atoms with Gasteiger partial charge >= 0.3 is 6.09 Å². The highest BCUT2D eigenvalue weighted by molar-refractivity contribution is 7.80. The lowest BCUT2D eigenvalue weighted by Crippen LogP contribution is -2.49. The van der Waals surface area contributed by atoms with Crippen LogP contribution in [-0.4, -0.2) is 35.2 Å². The summed E-state index contributed by atoms with van der Waals surface area (Å²) in [6, 6.07) is -0.113. The molecule has 1 saturated heterocycles. The first-order valence-electron chi connectivity index (χ1n) is 4.89. The van der Waals surface area contributed by atoms with E-state index < -0.39 is 0 Å². The molecule has 1 rings (SSSR count). The molecule has 2 N–H and O–H groups in total. The first kappa shape index (κ1) is 11.2. The van der Waals surface area contributed by atoms with E-state index in [9.17, 15) is 4.79 Å². The molecule has 0 bridgehead atoms. The van der Waals surface area contributed by atoms with Crippen LogP contribution in [0, 0.1) is 0 Å². The summed E-state index contributed by atoms with van der Waals surface area (Å²) in [6.45, 7) is 2.87. The maximum Gasteiger partial charge on any atom is 0.410 e. The first-order chi connectivity index (χ1) is 6.66. The summed E-state index contributed by atoms with van der Waals surface area (Å²) in [6.07, 6.45) is 2.62. The largest absolute Gasteiger partial charge is 0.450 e. The van der Waals surface area contributed by atoms with Crippen molar-refractivity contribution in [3.8, 4) is 0 Å². The zero-order chi connectivity index (χ0) is 10.6. The van der Waals surface area contributed by atoms with Crippen molar-refractivity contribution in [1.82, 2.24) is 4.90 Å². The van der Waals surface area contributed by atoms with E-state index in [4.69, 9.17) is 22.7 Å². The van der Waals surface area contributed by atoms with Crippen molar-refractivity contribution in [2.24, 2.45) is 5.73 Å². The predicted molar refractivity (Wildman–Crippen MR) is 58.2 cm³/mol. The van der Waals surface area contributed by atoms with Gasteiger partial charge in [-0.2, -0.15) is 0 Å². The monoisotopic (exact) mass is 216 g/mol. The Kier molecular flexibility index (Phi) is 4.13. The topological polar surface area (TPSA) is 55.6 Å². The number of rotatable bonds is 2. The summed E-state index contributed by atoms with van der Waals surface area (Å²) in [5, 5.41) is 0. The van der Waals surface area contributed by atoms with Gasteiger partial charge < -0.3 is 10.5 Å². The molecule has 0 aromatic heterocycles. The van der Waals surface area contributed by atoms with E-state index in [1.165, 1.54) is 0 Å². The van der Waals surface area contributed by atoms with Gasteiger partial charge in [-0.3, -0.25) is 4.90 Å². The van der Waals surface area contributed by atoms with Gasteiger partial charge in [0.1, 0.15) is 0 Å². The van der Waals surface area contributed by atoms with Gasteiger partial charge in [-0.15, -0.1) is 0 Å². The smallest absolute Gasteiger partial charge is 0.410 e. The second kappa shape index (κ2) is 5.14. The molecule has 1 fully saturated rings. The molecule has 1 amide bonds. The van der Waals surface area contributed by atoms with Gasteiger partial charge in [-0.05, 0) is 26.2 Å². The lowest BCUT2D eigenvalue weighted by Gasteiger charge is -2.33. The molecule has 1 aliphatic rings. The number of carbonyl (C=O) groups excluding carboxylic acids is 1. The molecular weight excluding hydrogens is 200 g/mol. The zero-order valence-electron chi connectivity index (χ0n) is 8.36. The molecule has 0 spiro atoms. The molecule has 1 aliphatic heterocycles. The van der Waals surface area contributed by atoms with Gasteiger partial charge in [0, 0.05) is 6.54 Å². The van der Waals surface area contributed by atoms with E-state index >= 15 is 0 Å². The van der Waals surface area contributed by atoms with Crippen LogP contribution in [-0.2, 0) is 4.74 Å². The summed E-state index contributed by atoms with van der Waals surface area (Å²) >= 11 is 4.92. The van der Waals surface area contributed by atoms with Crippen molar-refractivity contribution >= 4 is 23.3 Å². The SMILES string of the molecule is CCOC(=O)N1CCCCC1C(N)=S. The fourth-order valence-corrected chi connectivity index (χ4v) is 1.90. The van der Waals surface area contributed by atoms with Crippen LogP contribution in [0.3, 0.4) is 0 Å². The van der Waals surface area contributed by atoms with Gasteiger partial charge in [-0.25, -0.2) is 4.79 Å². The first-order valence-corrected chi connectivity index (χ1v) is 5.30. The summed E-state index contributed by atoms with van der Waals surface area (Å²) in [5.74, 6) is 0. The summed E-state index contributed by atoms with van der Waals surface area (Å²) in [7, 11) is 0. The maximum atomic E-state index is 11.5. The van der Waals surface area contributed by atoms with Crippen LogP contribution in [0.25, 0.3) is 0 Å². The second-order valence-corrected chi connectivity index (χ2v) is 3.78. The third-order valence-electron chi connectivity index (χ3n) is 2.33. The lowest BCUT2D eigenvalue weighted by atomic mass is 10.0. The van der Waals surface area contributed by atoms with Gasteiger partial charge in [-0.1, -0.05) is 12.2 Å². The van der Waals surface area contributed by atoms with Crippen molar-refractivity contribution in [3.63, 3.8) is 0 Å². The normalized spacial score (nSPS) is 21.8. The highest BCUT2D eigenvalue weighted by Crippen LogP contribution is 2.18. The molecule has 80 valence electrons. The van der Waals surface area contributed by atoms with Crippen LogP contribution in [0.2, 0.25) is 0 Å². The number of nitrogens with two attached hydrogens (primary N) is 1. The van der Waals surface area contributed by atoms with E-state index in [1.807, 2.05) is 0 Å². The van der Waals surface area contributed by atoms with E-state index in [0.29, 0.717) is 18.1 Å². The Balaban J connectivity index is 2.62. The number of carbonyl (C=O) groups is 1. The molecule has 5 heteroatoms. The highest BCUT2D eigenvalue weighted by Gasteiger charge is 2.29. The van der Waals surface area contributed by atoms with Crippen LogP contribution in [0.15, 0.2) is 0 Å². The number of hydrogen-bond donors (Lipinski definition) is 1. The van der Waals surface area contributed by atoms with Crippen molar-refractivity contribution in [2.75, 3.05) is 13.2 Å². The predicted octanol–water partition coefficient (Wildman–Crippen LogP) is 1.28. The third-order valence-corrected chi connectivity index (χ3v) is 2.61. The van der Waals surface area contributed by atoms with Gasteiger partial charge in [0.15, 0.2) is 0 Å². The molecule has 0 aromatic carbocycles. The summed E-state index contributed by atoms with van der Waals surface area (Å²) in [4.78, 5) is 13.5. The van der Waals surface area contributed by atoms with Crippen LogP contribution >= 0.6 is 12.2 Å². The molecular formula is C9H16N2O2S. The number of amides is 1. The van der Waals surface area contributed by atoms with E-state index in [-0.39, 0.29) is 12.1 Å². The standard InChI is InChI=1S/C9H16N2O2S/c1-2-13-9(12)11-6-4-3-5-7(11)8(10)14/h7H,2-6H2,1H3,(H2,10,14). The minimum Gasteiger partial charge on any atom is -0.450 e. The van der Waals surface area contributed by atoms with Gasteiger partial charge in [0.05, 0.1) is 17.6 Å². The molecule has 1 unspecified atom stereocenters. The number of thiocarbonyl (C=S) groups is 1. The minimum atomic E-state index is -0.301. The Bertz CT molecular complexity index is 233. The summed E-state index contributed by atoms with van der Waals surface area (Å²) in [5.41, 5.74) is 5.57. The Hall–Kier alpha value is -0.840. The number of piperidine rings is 1. The molecule has 4 nitrogen and oxygen atoms in total. The Morgan fingerprint density at radius 1 is 1.64 bits per heavy atom. The maximum absolute atomic E-state index is 11.5. The quantitative estimate of drug-likeness (QED) is 0.707. The average molecular weight is 216 g/mol. The van der Waals surface area contributed by atoms with Crippen LogP contribution < -0.4 is 5.73 Å². The Morgan fingerprint density at radius 2 is 2.36 bits per heavy atom. The zero-order valence-corrected chi connectivity index (χ0v) is 9.18. The number of hydrogen-bond acceptors (Lipinski definition) is 3. The van der Waals surface area contributed by atoms with E-state index in [1.54, 1.807) is 11.8 Å². The molecule has 0 aliphatic carbocycles. The van der Waals surface area contributed by atoms with E-state index in [2.05, 4.69) is 0 Å². The molecule has 0 aromatic rings. The third kappa shape index (κ3) is 2.57. The van der Waals surface area contributed by atoms with Gasteiger partial charge in [0.25, 0.3) is 0 Å². The second-order valence-electron chi connectivity index (χ2n) is 3.31. The van der Waals surface area contributed by atoms with Crippen molar-refractivity contribution in [2.45, 2.75) is 32.2 Å². The highest BCUT2D eigenvalue weighted by atomic mass is 32.1. The summed E-state index contributed by atoms with van der Waals surface area (Å²) < 4.78 is 4.93. The van der Waals surface area contributed by atoms with Crippen molar-refractivity contribution < 1.29 is 9.53 Å². The minimum absolute atomic E-state index is 0.113. The molecule has 0 saturated carbocycles. The number of nitrogens with zero attached hydrogens (tertiary/aromatic N) is 1. The Morgan fingerprint density at radius 3 is 2.93 bits per heavy atom. The van der Waals surface area contributed by atoms with Crippen molar-refractivity contribution in [3.05, 3.63) is 0 Å². The van der Waals surface area contributed by atoms with Gasteiger partial charge in [0.2, 0.25) is 0 Å². The Labute approximate surface area is 89.4 Å². The average Bonchev–Trinajstić information content (AvgIpc) is 2.18. The lowest BCUT2D eigenvalue weighted by molar-refractivity contribution is 0.0906. The van der Waals surface area contributed by atoms with Crippen LogP contribution in [0.4, 0.5) is 4.79 Å².